The van der Waals surface area contributed by atoms with Gasteiger partial charge >= 0.3 is 6.03 Å². The standard InChI is InChI=1S/C19H23FN4O/c20-15-4-1-13(2-5-15)10-19(7-8-19)12-21-18(25)23-16-6-3-14-11-22-24-17(14)9-16/h1-2,4-5,11,16H,3,6-10,12H2,(H,22,24)(H2,21,23,25)/t16-/m1/s1. The maximum Gasteiger partial charge on any atom is 0.315 e. The number of H-pyrrole nitrogens is 1. The van der Waals surface area contributed by atoms with Crippen molar-refractivity contribution in [3.63, 3.8) is 0 Å². The molecule has 5 nitrogen and oxygen atoms in total. The highest BCUT2D eigenvalue weighted by atomic mass is 19.1. The number of hydrogen-bond donors (Lipinski definition) is 3. The van der Waals surface area contributed by atoms with Crippen molar-refractivity contribution < 1.29 is 9.18 Å². The molecule has 4 rings (SSSR count). The van der Waals surface area contributed by atoms with Gasteiger partial charge in [-0.3, -0.25) is 5.10 Å². The number of urea groups is 1. The Kier molecular flexibility index (Phi) is 4.19. The van der Waals surface area contributed by atoms with Crippen LogP contribution in [0.25, 0.3) is 0 Å². The van der Waals surface area contributed by atoms with Crippen molar-refractivity contribution in [2.45, 2.75) is 44.6 Å². The molecule has 1 atom stereocenters. The van der Waals surface area contributed by atoms with Crippen molar-refractivity contribution in [3.8, 4) is 0 Å². The molecule has 1 aromatic heterocycles. The minimum absolute atomic E-state index is 0.0988. The lowest BCUT2D eigenvalue weighted by Gasteiger charge is -2.24. The second-order valence-electron chi connectivity index (χ2n) is 7.44. The van der Waals surface area contributed by atoms with E-state index in [-0.39, 0.29) is 23.3 Å². The summed E-state index contributed by atoms with van der Waals surface area (Å²) >= 11 is 0. The van der Waals surface area contributed by atoms with Gasteiger partial charge in [-0.2, -0.15) is 5.10 Å². The Hall–Kier alpha value is -2.37. The number of aromatic nitrogens is 2. The van der Waals surface area contributed by atoms with Gasteiger partial charge in [0, 0.05) is 24.7 Å². The van der Waals surface area contributed by atoms with E-state index in [9.17, 15) is 9.18 Å². The molecular weight excluding hydrogens is 319 g/mol. The maximum atomic E-state index is 13.0. The third-order valence-electron chi connectivity index (χ3n) is 5.43. The Morgan fingerprint density at radius 1 is 1.32 bits per heavy atom. The summed E-state index contributed by atoms with van der Waals surface area (Å²) in [5, 5.41) is 13.2. The number of amides is 2. The smallest absolute Gasteiger partial charge is 0.315 e. The Balaban J connectivity index is 1.25. The molecule has 0 bridgehead atoms. The SMILES string of the molecule is O=C(NCC1(Cc2ccc(F)cc2)CC1)N[C@@H]1CCc2cn[nH]c2C1. The summed E-state index contributed by atoms with van der Waals surface area (Å²) in [6.07, 6.45) is 7.67. The van der Waals surface area contributed by atoms with Crippen LogP contribution in [0.1, 0.15) is 36.1 Å². The highest BCUT2D eigenvalue weighted by molar-refractivity contribution is 5.74. The minimum atomic E-state index is -0.209. The number of hydrogen-bond acceptors (Lipinski definition) is 2. The molecule has 0 aliphatic heterocycles. The van der Waals surface area contributed by atoms with Crippen LogP contribution in [0, 0.1) is 11.2 Å². The first-order valence-corrected chi connectivity index (χ1v) is 8.92. The molecule has 3 N–H and O–H groups in total. The maximum absolute atomic E-state index is 13.0. The van der Waals surface area contributed by atoms with Gasteiger partial charge < -0.3 is 10.6 Å². The first kappa shape index (κ1) is 16.1. The van der Waals surface area contributed by atoms with E-state index in [4.69, 9.17) is 0 Å². The number of benzene rings is 1. The number of nitrogens with zero attached hydrogens (tertiary/aromatic N) is 1. The summed E-state index contributed by atoms with van der Waals surface area (Å²) in [4.78, 5) is 12.2. The molecule has 6 heteroatoms. The first-order chi connectivity index (χ1) is 12.1. The molecule has 2 aromatic rings. The van der Waals surface area contributed by atoms with Gasteiger partial charge in [0.05, 0.1) is 6.20 Å². The Bertz CT molecular complexity index is 751. The Morgan fingerprint density at radius 3 is 2.88 bits per heavy atom. The van der Waals surface area contributed by atoms with Gasteiger partial charge in [0.1, 0.15) is 5.82 Å². The molecule has 132 valence electrons. The van der Waals surface area contributed by atoms with Crippen molar-refractivity contribution in [3.05, 3.63) is 53.1 Å². The van der Waals surface area contributed by atoms with E-state index < -0.39 is 0 Å². The zero-order valence-electron chi connectivity index (χ0n) is 14.1. The predicted octanol–water partition coefficient (Wildman–Crippen LogP) is 2.73. The Morgan fingerprint density at radius 2 is 2.12 bits per heavy atom. The van der Waals surface area contributed by atoms with E-state index in [1.54, 1.807) is 0 Å². The second kappa shape index (κ2) is 6.50. The second-order valence-corrected chi connectivity index (χ2v) is 7.44. The summed E-state index contributed by atoms with van der Waals surface area (Å²) < 4.78 is 13.0. The lowest BCUT2D eigenvalue weighted by atomic mass is 9.94. The van der Waals surface area contributed by atoms with E-state index in [1.165, 1.54) is 17.7 Å². The molecule has 0 spiro atoms. The molecule has 1 aromatic carbocycles. The monoisotopic (exact) mass is 342 g/mol. The van der Waals surface area contributed by atoms with Crippen LogP contribution in [0.15, 0.2) is 30.5 Å². The van der Waals surface area contributed by atoms with E-state index in [2.05, 4.69) is 20.8 Å². The van der Waals surface area contributed by atoms with Crippen molar-refractivity contribution >= 4 is 6.03 Å². The van der Waals surface area contributed by atoms with Crippen molar-refractivity contribution in [1.29, 1.82) is 0 Å². The molecule has 1 fully saturated rings. The fraction of sp³-hybridized carbons (Fsp3) is 0.474. The molecule has 0 unspecified atom stereocenters. The number of fused-ring (bicyclic) bond motifs is 1. The van der Waals surface area contributed by atoms with Gasteiger partial charge in [0.2, 0.25) is 0 Å². The fourth-order valence-electron chi connectivity index (χ4n) is 3.66. The van der Waals surface area contributed by atoms with Crippen molar-refractivity contribution in [1.82, 2.24) is 20.8 Å². The quantitative estimate of drug-likeness (QED) is 0.782. The van der Waals surface area contributed by atoms with Gasteiger partial charge in [-0.05, 0) is 60.8 Å². The minimum Gasteiger partial charge on any atom is -0.338 e. The lowest BCUT2D eigenvalue weighted by Crippen LogP contribution is -2.46. The lowest BCUT2D eigenvalue weighted by molar-refractivity contribution is 0.232. The Labute approximate surface area is 146 Å². The summed E-state index contributed by atoms with van der Waals surface area (Å²) in [7, 11) is 0. The molecule has 1 saturated carbocycles. The zero-order valence-corrected chi connectivity index (χ0v) is 14.1. The van der Waals surface area contributed by atoms with E-state index in [0.29, 0.717) is 6.54 Å². The van der Waals surface area contributed by atoms with Gasteiger partial charge in [0.25, 0.3) is 0 Å². The number of carbonyl (C=O) groups is 1. The average Bonchev–Trinajstić information content (AvgIpc) is 3.21. The van der Waals surface area contributed by atoms with Crippen LogP contribution in [0.3, 0.4) is 0 Å². The third-order valence-corrected chi connectivity index (χ3v) is 5.43. The number of aromatic amines is 1. The van der Waals surface area contributed by atoms with Crippen LogP contribution in [-0.2, 0) is 19.3 Å². The predicted molar refractivity (Wildman–Crippen MR) is 92.7 cm³/mol. The van der Waals surface area contributed by atoms with Crippen LogP contribution in [0.5, 0.6) is 0 Å². The molecule has 2 aliphatic carbocycles. The summed E-state index contributed by atoms with van der Waals surface area (Å²) in [5.74, 6) is -0.209. The van der Waals surface area contributed by atoms with Gasteiger partial charge in [-0.15, -0.1) is 0 Å². The normalized spacial score (nSPS) is 20.6. The van der Waals surface area contributed by atoms with Crippen LogP contribution in [0.2, 0.25) is 0 Å². The molecule has 25 heavy (non-hydrogen) atoms. The first-order valence-electron chi connectivity index (χ1n) is 8.92. The molecule has 2 aliphatic rings. The largest absolute Gasteiger partial charge is 0.338 e. The topological polar surface area (TPSA) is 69.8 Å². The number of rotatable bonds is 5. The summed E-state index contributed by atoms with van der Waals surface area (Å²) in [6.45, 7) is 0.665. The van der Waals surface area contributed by atoms with E-state index in [1.807, 2.05) is 18.3 Å². The summed E-state index contributed by atoms with van der Waals surface area (Å²) in [6, 6.07) is 6.72. The van der Waals surface area contributed by atoms with Crippen LogP contribution in [0.4, 0.5) is 9.18 Å². The molecule has 2 amide bonds. The number of halogens is 1. The molecular formula is C19H23FN4O. The van der Waals surface area contributed by atoms with Crippen LogP contribution < -0.4 is 10.6 Å². The summed E-state index contributed by atoms with van der Waals surface area (Å²) in [5.41, 5.74) is 3.65. The molecule has 0 saturated heterocycles. The van der Waals surface area contributed by atoms with Gasteiger partial charge in [-0.1, -0.05) is 12.1 Å². The number of carbonyl (C=O) groups excluding carboxylic acids is 1. The van der Waals surface area contributed by atoms with E-state index in [0.717, 1.165) is 49.8 Å². The van der Waals surface area contributed by atoms with Crippen molar-refractivity contribution in [2.75, 3.05) is 6.54 Å². The average molecular weight is 342 g/mol. The highest BCUT2D eigenvalue weighted by Crippen LogP contribution is 2.47. The molecule has 1 heterocycles. The van der Waals surface area contributed by atoms with Gasteiger partial charge in [0.15, 0.2) is 0 Å². The third kappa shape index (κ3) is 3.83. The van der Waals surface area contributed by atoms with Crippen LogP contribution >= 0.6 is 0 Å². The fourth-order valence-corrected chi connectivity index (χ4v) is 3.66. The number of aryl methyl sites for hydroxylation is 1. The zero-order chi connectivity index (χ0) is 17.3. The van der Waals surface area contributed by atoms with Crippen LogP contribution in [-0.4, -0.2) is 28.8 Å². The molecule has 0 radical (unpaired) electrons. The number of nitrogens with one attached hydrogen (secondary N) is 3. The highest BCUT2D eigenvalue weighted by Gasteiger charge is 2.42. The van der Waals surface area contributed by atoms with E-state index >= 15 is 0 Å². The van der Waals surface area contributed by atoms with Crippen molar-refractivity contribution in [2.24, 2.45) is 5.41 Å². The van der Waals surface area contributed by atoms with Gasteiger partial charge in [-0.25, -0.2) is 9.18 Å².